The highest BCUT2D eigenvalue weighted by Crippen LogP contribution is 2.10. The summed E-state index contributed by atoms with van der Waals surface area (Å²) < 4.78 is 5.70. The number of unbranched alkanes of at least 4 members (excludes halogenated alkanes) is 1. The van der Waals surface area contributed by atoms with E-state index in [1.165, 1.54) is 57.6 Å². The summed E-state index contributed by atoms with van der Waals surface area (Å²) >= 11 is 0. The van der Waals surface area contributed by atoms with Crippen LogP contribution in [0, 0.1) is 0 Å². The first-order chi connectivity index (χ1) is 11.6. The van der Waals surface area contributed by atoms with E-state index in [1.54, 1.807) is 0 Å². The molecule has 0 bridgehead atoms. The molecule has 0 saturated carbocycles. The lowest BCUT2D eigenvalue weighted by atomic mass is 10.2. The van der Waals surface area contributed by atoms with E-state index in [0.717, 1.165) is 25.3 Å². The number of ether oxygens (including phenoxy) is 1. The van der Waals surface area contributed by atoms with Gasteiger partial charge in [0.2, 0.25) is 0 Å². The van der Waals surface area contributed by atoms with Gasteiger partial charge in [0, 0.05) is 32.7 Å². The second-order valence-electron chi connectivity index (χ2n) is 6.30. The molecule has 0 spiro atoms. The van der Waals surface area contributed by atoms with Crippen LogP contribution in [0.4, 0.5) is 0 Å². The zero-order chi connectivity index (χ0) is 18.8. The number of nitrogens with zero attached hydrogens (tertiary/aromatic N) is 2. The smallest absolute Gasteiger partial charge is 0.0930 e. The van der Waals surface area contributed by atoms with E-state index in [-0.39, 0.29) is 0 Å². The van der Waals surface area contributed by atoms with Crippen molar-refractivity contribution in [1.29, 1.82) is 0 Å². The van der Waals surface area contributed by atoms with Crippen LogP contribution in [-0.4, -0.2) is 55.7 Å². The maximum Gasteiger partial charge on any atom is 0.0930 e. The van der Waals surface area contributed by atoms with Crippen LogP contribution in [0.3, 0.4) is 0 Å². The lowest BCUT2D eigenvalue weighted by Crippen LogP contribution is -2.46. The minimum Gasteiger partial charge on any atom is -0.498 e. The van der Waals surface area contributed by atoms with Crippen LogP contribution in [0.15, 0.2) is 11.3 Å². The maximum atomic E-state index is 5.70. The van der Waals surface area contributed by atoms with Crippen LogP contribution >= 0.6 is 0 Å². The van der Waals surface area contributed by atoms with Crippen LogP contribution < -0.4 is 0 Å². The molecule has 0 N–H and O–H groups in total. The predicted octanol–water partition coefficient (Wildman–Crippen LogP) is 5.57. The van der Waals surface area contributed by atoms with Crippen molar-refractivity contribution in [3.05, 3.63) is 11.3 Å². The maximum absolute atomic E-state index is 5.70. The molecule has 1 aliphatic rings. The molecule has 0 unspecified atom stereocenters. The molecule has 0 atom stereocenters. The summed E-state index contributed by atoms with van der Waals surface area (Å²) in [7, 11) is 0. The molecule has 1 rings (SSSR count). The highest BCUT2D eigenvalue weighted by atomic mass is 16.5. The molecule has 3 nitrogen and oxygen atoms in total. The third-order valence-corrected chi connectivity index (χ3v) is 4.09. The molecule has 1 heterocycles. The Labute approximate surface area is 153 Å². The molecule has 0 aromatic carbocycles. The third-order valence-electron chi connectivity index (χ3n) is 4.09. The van der Waals surface area contributed by atoms with Gasteiger partial charge in [-0.3, -0.25) is 4.90 Å². The first-order valence-corrected chi connectivity index (χ1v) is 10.3. The molecule has 1 saturated heterocycles. The van der Waals surface area contributed by atoms with Crippen molar-refractivity contribution in [2.24, 2.45) is 0 Å². The molecule has 0 radical (unpaired) electrons. The molecular formula is C21H46N2O. The van der Waals surface area contributed by atoms with Crippen LogP contribution in [0.25, 0.3) is 0 Å². The highest BCUT2D eigenvalue weighted by molar-refractivity contribution is 5.06. The van der Waals surface area contributed by atoms with Gasteiger partial charge in [-0.25, -0.2) is 0 Å². The van der Waals surface area contributed by atoms with Crippen LogP contribution in [-0.2, 0) is 4.74 Å². The standard InChI is InChI=1S/C15H30N2O.C4H10.C2H6/c1-5-7-16-8-10-17(11-9-16)13-14(3)15(4)18-12-6-2;1-3-4-2;1-2/h5-13H2,1-4H3;3-4H2,1-2H3;1-2H3. The fraction of sp³-hybridized carbons (Fsp3) is 0.905. The van der Waals surface area contributed by atoms with E-state index < -0.39 is 0 Å². The van der Waals surface area contributed by atoms with Gasteiger partial charge in [-0.2, -0.15) is 0 Å². The van der Waals surface area contributed by atoms with Crippen LogP contribution in [0.1, 0.15) is 81.1 Å². The highest BCUT2D eigenvalue weighted by Gasteiger charge is 2.16. The average molecular weight is 343 g/mol. The first-order valence-electron chi connectivity index (χ1n) is 10.3. The summed E-state index contributed by atoms with van der Waals surface area (Å²) in [6.45, 7) is 25.0. The summed E-state index contributed by atoms with van der Waals surface area (Å²) in [5, 5.41) is 0. The summed E-state index contributed by atoms with van der Waals surface area (Å²) in [4.78, 5) is 5.11. The third kappa shape index (κ3) is 13.9. The minimum atomic E-state index is 0.841. The van der Waals surface area contributed by atoms with Crippen LogP contribution in [0.2, 0.25) is 0 Å². The number of piperazine rings is 1. The van der Waals surface area contributed by atoms with Crippen molar-refractivity contribution < 1.29 is 4.74 Å². The molecule has 0 amide bonds. The molecule has 3 heteroatoms. The van der Waals surface area contributed by atoms with Gasteiger partial charge < -0.3 is 9.64 Å². The van der Waals surface area contributed by atoms with E-state index >= 15 is 0 Å². The summed E-state index contributed by atoms with van der Waals surface area (Å²) in [6.07, 6.45) is 4.99. The van der Waals surface area contributed by atoms with E-state index in [2.05, 4.69) is 51.3 Å². The number of hydrogen-bond acceptors (Lipinski definition) is 3. The topological polar surface area (TPSA) is 15.7 Å². The Bertz CT molecular complexity index is 280. The average Bonchev–Trinajstić information content (AvgIpc) is 2.63. The Morgan fingerprint density at radius 1 is 0.750 bits per heavy atom. The Morgan fingerprint density at radius 2 is 1.25 bits per heavy atom. The van der Waals surface area contributed by atoms with Gasteiger partial charge >= 0.3 is 0 Å². The molecule has 24 heavy (non-hydrogen) atoms. The Morgan fingerprint density at radius 3 is 1.67 bits per heavy atom. The van der Waals surface area contributed by atoms with Crippen molar-refractivity contribution in [2.45, 2.75) is 81.1 Å². The van der Waals surface area contributed by atoms with E-state index in [4.69, 9.17) is 4.74 Å². The van der Waals surface area contributed by atoms with Gasteiger partial charge in [0.25, 0.3) is 0 Å². The zero-order valence-electron chi connectivity index (χ0n) is 18.1. The fourth-order valence-corrected chi connectivity index (χ4v) is 2.31. The second-order valence-corrected chi connectivity index (χ2v) is 6.30. The van der Waals surface area contributed by atoms with Crippen molar-refractivity contribution in [1.82, 2.24) is 9.80 Å². The summed E-state index contributed by atoms with van der Waals surface area (Å²) in [5.74, 6) is 1.12. The summed E-state index contributed by atoms with van der Waals surface area (Å²) in [6, 6.07) is 0. The largest absolute Gasteiger partial charge is 0.498 e. The molecular weight excluding hydrogens is 296 g/mol. The molecule has 1 aliphatic heterocycles. The Kier molecular flexibility index (Phi) is 20.1. The van der Waals surface area contributed by atoms with Gasteiger partial charge in [-0.15, -0.1) is 0 Å². The van der Waals surface area contributed by atoms with Gasteiger partial charge in [-0.1, -0.05) is 54.4 Å². The number of hydrogen-bond donors (Lipinski definition) is 0. The predicted molar refractivity (Wildman–Crippen MR) is 110 cm³/mol. The van der Waals surface area contributed by atoms with E-state index in [1.807, 2.05) is 13.8 Å². The molecule has 1 fully saturated rings. The number of allylic oxidation sites excluding steroid dienone is 1. The Hall–Kier alpha value is -0.540. The lowest BCUT2D eigenvalue weighted by molar-refractivity contribution is 0.137. The zero-order valence-corrected chi connectivity index (χ0v) is 18.1. The van der Waals surface area contributed by atoms with E-state index in [9.17, 15) is 0 Å². The molecule has 0 aromatic rings. The van der Waals surface area contributed by atoms with Gasteiger partial charge in [0.05, 0.1) is 12.4 Å². The normalized spacial score (nSPS) is 16.3. The SMILES string of the molecule is CC.CCCC.CCCOC(C)=C(C)CN1CCN(CCC)CC1. The van der Waals surface area contributed by atoms with Crippen molar-refractivity contribution in [3.8, 4) is 0 Å². The fourth-order valence-electron chi connectivity index (χ4n) is 2.31. The van der Waals surface area contributed by atoms with Crippen molar-refractivity contribution in [2.75, 3.05) is 45.9 Å². The van der Waals surface area contributed by atoms with Crippen molar-refractivity contribution >= 4 is 0 Å². The Balaban J connectivity index is 0. The van der Waals surface area contributed by atoms with Gasteiger partial charge in [-0.05, 0) is 38.8 Å². The molecule has 0 aromatic heterocycles. The van der Waals surface area contributed by atoms with Gasteiger partial charge in [0.1, 0.15) is 0 Å². The monoisotopic (exact) mass is 342 g/mol. The van der Waals surface area contributed by atoms with Gasteiger partial charge in [0.15, 0.2) is 0 Å². The van der Waals surface area contributed by atoms with Crippen LogP contribution in [0.5, 0.6) is 0 Å². The van der Waals surface area contributed by atoms with Crippen molar-refractivity contribution in [3.63, 3.8) is 0 Å². The summed E-state index contributed by atoms with van der Waals surface area (Å²) in [5.41, 5.74) is 1.38. The lowest BCUT2D eigenvalue weighted by Gasteiger charge is -2.34. The number of rotatable bonds is 8. The second kappa shape index (κ2) is 18.8. The quantitative estimate of drug-likeness (QED) is 0.536. The molecule has 146 valence electrons. The first kappa shape index (κ1) is 25.7. The minimum absolute atomic E-state index is 0.841. The van der Waals surface area contributed by atoms with E-state index in [0.29, 0.717) is 0 Å². The molecule has 0 aliphatic carbocycles.